The van der Waals surface area contributed by atoms with Crippen LogP contribution < -0.4 is 0 Å². The molecule has 0 bridgehead atoms. The van der Waals surface area contributed by atoms with Crippen LogP contribution in [0.4, 0.5) is 0 Å². The Morgan fingerprint density at radius 2 is 2.44 bits per heavy atom. The molecule has 16 heavy (non-hydrogen) atoms. The summed E-state index contributed by atoms with van der Waals surface area (Å²) >= 11 is 0. The first-order chi connectivity index (χ1) is 7.93. The van der Waals surface area contributed by atoms with Crippen molar-refractivity contribution in [3.8, 4) is 0 Å². The number of nitrogens with zero attached hydrogens (tertiary/aromatic N) is 2. The van der Waals surface area contributed by atoms with Crippen LogP contribution >= 0.6 is 0 Å². The predicted molar refractivity (Wildman–Crippen MR) is 58.0 cm³/mol. The number of aromatic nitrogens is 2. The Morgan fingerprint density at radius 1 is 1.44 bits per heavy atom. The minimum absolute atomic E-state index is 0.116. The maximum atomic E-state index is 5.68. The second kappa shape index (κ2) is 4.57. The largest absolute Gasteiger partial charge is 0.357 e. The summed E-state index contributed by atoms with van der Waals surface area (Å²) in [5.74, 6) is 0.317. The van der Waals surface area contributed by atoms with Gasteiger partial charge in [-0.25, -0.2) is 4.68 Å². The Kier molecular flexibility index (Phi) is 2.95. The molecule has 3 rings (SSSR count). The standard InChI is InChI=1S/C10H15BN2O3/c1-2-4-14-10(3-1)13-6-8(5-12-13)9-7-15-16-11-9/h5-6,9-11H,1-4,7H2. The predicted octanol–water partition coefficient (Wildman–Crippen LogP) is 0.937. The van der Waals surface area contributed by atoms with Crippen LogP contribution in [0.1, 0.15) is 36.9 Å². The van der Waals surface area contributed by atoms with Crippen LogP contribution in [0, 0.1) is 0 Å². The number of hydrogen-bond acceptors (Lipinski definition) is 4. The van der Waals surface area contributed by atoms with Gasteiger partial charge in [-0.15, -0.1) is 0 Å². The molecule has 2 saturated heterocycles. The van der Waals surface area contributed by atoms with Crippen molar-refractivity contribution in [3.05, 3.63) is 18.0 Å². The van der Waals surface area contributed by atoms with E-state index in [0.29, 0.717) is 19.9 Å². The summed E-state index contributed by atoms with van der Waals surface area (Å²) in [5.41, 5.74) is 1.17. The van der Waals surface area contributed by atoms with E-state index in [1.54, 1.807) is 0 Å². The third kappa shape index (κ3) is 2.00. The first-order valence-electron chi connectivity index (χ1n) is 5.83. The molecule has 0 aromatic carbocycles. The Hall–Kier alpha value is -0.845. The van der Waals surface area contributed by atoms with Gasteiger partial charge in [0.05, 0.1) is 12.8 Å². The van der Waals surface area contributed by atoms with Gasteiger partial charge in [0.1, 0.15) is 6.23 Å². The molecule has 2 aliphatic heterocycles. The van der Waals surface area contributed by atoms with Crippen LogP contribution in [0.3, 0.4) is 0 Å². The summed E-state index contributed by atoms with van der Waals surface area (Å²) < 4.78 is 7.60. The normalized spacial score (nSPS) is 30.2. The average Bonchev–Trinajstić information content (AvgIpc) is 3.01. The molecule has 0 spiro atoms. The zero-order valence-corrected chi connectivity index (χ0v) is 9.17. The van der Waals surface area contributed by atoms with Gasteiger partial charge in [-0.1, -0.05) is 0 Å². The fraction of sp³-hybridized carbons (Fsp3) is 0.700. The van der Waals surface area contributed by atoms with Crippen molar-refractivity contribution >= 4 is 7.48 Å². The lowest BCUT2D eigenvalue weighted by Gasteiger charge is -2.22. The number of rotatable bonds is 2. The van der Waals surface area contributed by atoms with Crippen LogP contribution in [-0.4, -0.2) is 30.5 Å². The molecule has 0 aliphatic carbocycles. The number of hydrogen-bond donors (Lipinski definition) is 0. The fourth-order valence-corrected chi connectivity index (χ4v) is 2.15. The highest BCUT2D eigenvalue weighted by molar-refractivity contribution is 6.30. The summed E-state index contributed by atoms with van der Waals surface area (Å²) in [4.78, 5) is 9.80. The topological polar surface area (TPSA) is 45.5 Å². The summed E-state index contributed by atoms with van der Waals surface area (Å²) in [7, 11) is 0.622. The second-order valence-electron chi connectivity index (χ2n) is 4.34. The van der Waals surface area contributed by atoms with E-state index < -0.39 is 0 Å². The Balaban J connectivity index is 1.71. The highest BCUT2D eigenvalue weighted by Gasteiger charge is 2.24. The summed E-state index contributed by atoms with van der Waals surface area (Å²) in [5, 5.41) is 4.36. The highest BCUT2D eigenvalue weighted by Crippen LogP contribution is 2.25. The van der Waals surface area contributed by atoms with E-state index in [1.165, 1.54) is 12.0 Å². The lowest BCUT2D eigenvalue weighted by Crippen LogP contribution is -2.18. The van der Waals surface area contributed by atoms with E-state index in [4.69, 9.17) is 14.4 Å². The molecule has 3 heterocycles. The maximum Gasteiger partial charge on any atom is 0.333 e. The van der Waals surface area contributed by atoms with Crippen molar-refractivity contribution < 1.29 is 14.4 Å². The fourth-order valence-electron chi connectivity index (χ4n) is 2.15. The minimum atomic E-state index is 0.116. The van der Waals surface area contributed by atoms with E-state index in [2.05, 4.69) is 11.3 Å². The molecule has 86 valence electrons. The molecule has 0 saturated carbocycles. The second-order valence-corrected chi connectivity index (χ2v) is 4.34. The maximum absolute atomic E-state index is 5.68. The molecule has 0 amide bonds. The zero-order valence-electron chi connectivity index (χ0n) is 9.17. The SMILES string of the molecule is B1OOCC1c1cnn(C2CCCCO2)c1. The van der Waals surface area contributed by atoms with E-state index in [0.717, 1.165) is 19.4 Å². The molecule has 5 nitrogen and oxygen atoms in total. The summed E-state index contributed by atoms with van der Waals surface area (Å²) in [6, 6.07) is 0. The Bertz CT molecular complexity index is 346. The smallest absolute Gasteiger partial charge is 0.333 e. The van der Waals surface area contributed by atoms with Gasteiger partial charge in [0, 0.05) is 18.6 Å². The van der Waals surface area contributed by atoms with Crippen LogP contribution in [0.15, 0.2) is 12.4 Å². The van der Waals surface area contributed by atoms with Gasteiger partial charge in [0.15, 0.2) is 0 Å². The van der Waals surface area contributed by atoms with Gasteiger partial charge in [-0.05, 0) is 24.8 Å². The van der Waals surface area contributed by atoms with Crippen molar-refractivity contribution in [2.75, 3.05) is 13.2 Å². The first-order valence-corrected chi connectivity index (χ1v) is 5.83. The minimum Gasteiger partial charge on any atom is -0.357 e. The molecule has 0 N–H and O–H groups in total. The molecule has 6 heteroatoms. The highest BCUT2D eigenvalue weighted by atomic mass is 17.2. The summed E-state index contributed by atoms with van der Waals surface area (Å²) in [6.07, 6.45) is 7.49. The van der Waals surface area contributed by atoms with Crippen LogP contribution in [0.2, 0.25) is 0 Å². The van der Waals surface area contributed by atoms with E-state index in [9.17, 15) is 0 Å². The van der Waals surface area contributed by atoms with Crippen LogP contribution in [0.25, 0.3) is 0 Å². The van der Waals surface area contributed by atoms with Crippen molar-refractivity contribution in [2.24, 2.45) is 0 Å². The van der Waals surface area contributed by atoms with Crippen LogP contribution in [-0.2, 0) is 14.4 Å². The van der Waals surface area contributed by atoms with E-state index >= 15 is 0 Å². The lowest BCUT2D eigenvalue weighted by molar-refractivity contribution is -0.183. The third-order valence-corrected chi connectivity index (χ3v) is 3.17. The van der Waals surface area contributed by atoms with Crippen molar-refractivity contribution in [1.29, 1.82) is 0 Å². The van der Waals surface area contributed by atoms with Gasteiger partial charge in [-0.3, -0.25) is 4.89 Å². The molecular formula is C10H15BN2O3. The van der Waals surface area contributed by atoms with Crippen LogP contribution in [0.5, 0.6) is 0 Å². The van der Waals surface area contributed by atoms with Gasteiger partial charge in [-0.2, -0.15) is 5.10 Å². The molecule has 1 aromatic rings. The molecule has 0 radical (unpaired) electrons. The Morgan fingerprint density at radius 3 is 3.19 bits per heavy atom. The van der Waals surface area contributed by atoms with Gasteiger partial charge < -0.3 is 9.54 Å². The molecule has 2 aliphatic rings. The Labute approximate surface area is 94.9 Å². The molecule has 1 aromatic heterocycles. The monoisotopic (exact) mass is 222 g/mol. The summed E-state index contributed by atoms with van der Waals surface area (Å²) in [6.45, 7) is 1.47. The zero-order chi connectivity index (χ0) is 10.8. The average molecular weight is 222 g/mol. The van der Waals surface area contributed by atoms with E-state index in [1.807, 2.05) is 10.9 Å². The van der Waals surface area contributed by atoms with E-state index in [-0.39, 0.29) is 6.23 Å². The quantitative estimate of drug-likeness (QED) is 0.551. The van der Waals surface area contributed by atoms with Gasteiger partial charge >= 0.3 is 7.48 Å². The number of ether oxygens (including phenoxy) is 1. The molecule has 2 unspecified atom stereocenters. The van der Waals surface area contributed by atoms with Crippen molar-refractivity contribution in [1.82, 2.24) is 9.78 Å². The molecular weight excluding hydrogens is 207 g/mol. The lowest BCUT2D eigenvalue weighted by atomic mass is 9.78. The van der Waals surface area contributed by atoms with Gasteiger partial charge in [0.25, 0.3) is 0 Å². The molecule has 2 fully saturated rings. The molecule has 2 atom stereocenters. The van der Waals surface area contributed by atoms with Gasteiger partial charge in [0.2, 0.25) is 0 Å². The third-order valence-electron chi connectivity index (χ3n) is 3.17. The first kappa shape index (κ1) is 10.3. The van der Waals surface area contributed by atoms with Crippen molar-refractivity contribution in [2.45, 2.75) is 31.3 Å². The van der Waals surface area contributed by atoms with Crippen molar-refractivity contribution in [3.63, 3.8) is 0 Å².